The largest absolute Gasteiger partial charge is 0.351 e. The summed E-state index contributed by atoms with van der Waals surface area (Å²) in [5.41, 5.74) is 1.96. The number of unbranched alkanes of at least 4 members (excludes halogenated alkanes) is 1. The molecular weight excluding hydrogens is 162 g/mol. The highest BCUT2D eigenvalue weighted by atomic mass is 16.1. The van der Waals surface area contributed by atoms with Crippen LogP contribution in [0, 0.1) is 6.92 Å². The lowest BCUT2D eigenvalue weighted by atomic mass is 10.2. The van der Waals surface area contributed by atoms with Crippen LogP contribution in [-0.2, 0) is 6.54 Å². The highest BCUT2D eigenvalue weighted by molar-refractivity contribution is 5.95. The number of ketones is 1. The van der Waals surface area contributed by atoms with Gasteiger partial charge in [0.25, 0.3) is 0 Å². The normalized spacial score (nSPS) is 10.4. The molecule has 0 aromatic carbocycles. The van der Waals surface area contributed by atoms with Crippen molar-refractivity contribution in [3.05, 3.63) is 23.5 Å². The van der Waals surface area contributed by atoms with Crippen LogP contribution < -0.4 is 0 Å². The Labute approximate surface area is 79.6 Å². The SMILES string of the molecule is CCCCn1ccc(C(C)=O)c1C. The lowest BCUT2D eigenvalue weighted by Gasteiger charge is -2.04. The highest BCUT2D eigenvalue weighted by Crippen LogP contribution is 2.11. The molecule has 2 nitrogen and oxygen atoms in total. The van der Waals surface area contributed by atoms with Crippen molar-refractivity contribution >= 4 is 5.78 Å². The lowest BCUT2D eigenvalue weighted by molar-refractivity contribution is 0.101. The van der Waals surface area contributed by atoms with Crippen LogP contribution in [0.15, 0.2) is 12.3 Å². The predicted molar refractivity (Wildman–Crippen MR) is 54.1 cm³/mol. The summed E-state index contributed by atoms with van der Waals surface area (Å²) in [7, 11) is 0. The maximum Gasteiger partial charge on any atom is 0.161 e. The van der Waals surface area contributed by atoms with Gasteiger partial charge in [-0.15, -0.1) is 0 Å². The Morgan fingerprint density at radius 3 is 2.69 bits per heavy atom. The average Bonchev–Trinajstić information content (AvgIpc) is 2.43. The number of hydrogen-bond donors (Lipinski definition) is 0. The molecule has 1 heterocycles. The summed E-state index contributed by atoms with van der Waals surface area (Å²) in [6, 6.07) is 1.91. The molecule has 0 aliphatic carbocycles. The molecule has 0 aliphatic heterocycles. The minimum atomic E-state index is 0.160. The van der Waals surface area contributed by atoms with E-state index in [0.717, 1.165) is 17.8 Å². The van der Waals surface area contributed by atoms with Crippen LogP contribution in [0.25, 0.3) is 0 Å². The topological polar surface area (TPSA) is 22.0 Å². The maximum atomic E-state index is 11.1. The van der Waals surface area contributed by atoms with Crippen molar-refractivity contribution < 1.29 is 4.79 Å². The number of rotatable bonds is 4. The minimum Gasteiger partial charge on any atom is -0.351 e. The maximum absolute atomic E-state index is 11.1. The van der Waals surface area contributed by atoms with E-state index < -0.39 is 0 Å². The summed E-state index contributed by atoms with van der Waals surface area (Å²) in [5.74, 6) is 0.160. The van der Waals surface area contributed by atoms with Crippen LogP contribution >= 0.6 is 0 Å². The Kier molecular flexibility index (Phi) is 3.29. The van der Waals surface area contributed by atoms with Gasteiger partial charge in [0, 0.05) is 24.0 Å². The number of aryl methyl sites for hydroxylation is 1. The zero-order valence-corrected chi connectivity index (χ0v) is 8.63. The van der Waals surface area contributed by atoms with E-state index in [0.29, 0.717) is 0 Å². The van der Waals surface area contributed by atoms with E-state index in [4.69, 9.17) is 0 Å². The Balaban J connectivity index is 2.80. The molecule has 0 saturated heterocycles. The van der Waals surface area contributed by atoms with E-state index in [9.17, 15) is 4.79 Å². The van der Waals surface area contributed by atoms with Gasteiger partial charge in [-0.2, -0.15) is 0 Å². The first-order valence-electron chi connectivity index (χ1n) is 4.83. The van der Waals surface area contributed by atoms with E-state index in [1.165, 1.54) is 12.8 Å². The van der Waals surface area contributed by atoms with Gasteiger partial charge in [-0.05, 0) is 26.3 Å². The number of Topliss-reactive ketones (excluding diaryl/α,β-unsaturated/α-hetero) is 1. The zero-order valence-electron chi connectivity index (χ0n) is 8.63. The summed E-state index contributed by atoms with van der Waals surface area (Å²) in [5, 5.41) is 0. The van der Waals surface area contributed by atoms with E-state index in [-0.39, 0.29) is 5.78 Å². The Bertz CT molecular complexity index is 299. The molecule has 0 atom stereocenters. The Hall–Kier alpha value is -1.05. The molecule has 0 N–H and O–H groups in total. The van der Waals surface area contributed by atoms with Crippen LogP contribution in [0.4, 0.5) is 0 Å². The molecule has 13 heavy (non-hydrogen) atoms. The summed E-state index contributed by atoms with van der Waals surface area (Å²) in [4.78, 5) is 11.1. The van der Waals surface area contributed by atoms with E-state index in [1.807, 2.05) is 19.2 Å². The van der Waals surface area contributed by atoms with Crippen molar-refractivity contribution in [2.24, 2.45) is 0 Å². The monoisotopic (exact) mass is 179 g/mol. The van der Waals surface area contributed by atoms with Crippen molar-refractivity contribution in [3.8, 4) is 0 Å². The van der Waals surface area contributed by atoms with E-state index in [2.05, 4.69) is 11.5 Å². The van der Waals surface area contributed by atoms with E-state index in [1.54, 1.807) is 6.92 Å². The molecular formula is C11H17NO. The van der Waals surface area contributed by atoms with Crippen LogP contribution in [0.3, 0.4) is 0 Å². The first kappa shape index (κ1) is 10.0. The first-order chi connectivity index (χ1) is 6.16. The molecule has 1 rings (SSSR count). The van der Waals surface area contributed by atoms with Crippen LogP contribution in [0.5, 0.6) is 0 Å². The van der Waals surface area contributed by atoms with Crippen molar-refractivity contribution in [1.29, 1.82) is 0 Å². The number of carbonyl (C=O) groups excluding carboxylic acids is 1. The Morgan fingerprint density at radius 1 is 1.54 bits per heavy atom. The molecule has 0 fully saturated rings. The molecule has 1 aromatic heterocycles. The van der Waals surface area contributed by atoms with Gasteiger partial charge in [0.1, 0.15) is 0 Å². The fraction of sp³-hybridized carbons (Fsp3) is 0.545. The molecule has 0 saturated carbocycles. The molecule has 0 spiro atoms. The van der Waals surface area contributed by atoms with Gasteiger partial charge in [0.05, 0.1) is 0 Å². The van der Waals surface area contributed by atoms with Crippen LogP contribution in [-0.4, -0.2) is 10.4 Å². The summed E-state index contributed by atoms with van der Waals surface area (Å²) >= 11 is 0. The third-order valence-corrected chi connectivity index (χ3v) is 2.37. The highest BCUT2D eigenvalue weighted by Gasteiger charge is 2.07. The molecule has 0 amide bonds. The third-order valence-electron chi connectivity index (χ3n) is 2.37. The molecule has 0 aliphatic rings. The molecule has 0 radical (unpaired) electrons. The molecule has 2 heteroatoms. The number of nitrogens with zero attached hydrogens (tertiary/aromatic N) is 1. The van der Waals surface area contributed by atoms with Crippen molar-refractivity contribution in [3.63, 3.8) is 0 Å². The quantitative estimate of drug-likeness (QED) is 0.651. The third kappa shape index (κ3) is 2.20. The number of aromatic nitrogens is 1. The van der Waals surface area contributed by atoms with Gasteiger partial charge in [-0.25, -0.2) is 0 Å². The molecule has 0 bridgehead atoms. The number of hydrogen-bond acceptors (Lipinski definition) is 1. The Morgan fingerprint density at radius 2 is 2.23 bits per heavy atom. The van der Waals surface area contributed by atoms with Gasteiger partial charge in [-0.3, -0.25) is 4.79 Å². The second-order valence-corrected chi connectivity index (χ2v) is 3.42. The van der Waals surface area contributed by atoms with Gasteiger partial charge in [-0.1, -0.05) is 13.3 Å². The minimum absolute atomic E-state index is 0.160. The summed E-state index contributed by atoms with van der Waals surface area (Å²) in [6.07, 6.45) is 4.36. The molecule has 0 unspecified atom stereocenters. The fourth-order valence-electron chi connectivity index (χ4n) is 1.49. The summed E-state index contributed by atoms with van der Waals surface area (Å²) < 4.78 is 2.15. The van der Waals surface area contributed by atoms with E-state index >= 15 is 0 Å². The van der Waals surface area contributed by atoms with Crippen molar-refractivity contribution in [2.75, 3.05) is 0 Å². The van der Waals surface area contributed by atoms with Crippen molar-refractivity contribution in [2.45, 2.75) is 40.2 Å². The lowest BCUT2D eigenvalue weighted by Crippen LogP contribution is -2.01. The van der Waals surface area contributed by atoms with Gasteiger partial charge < -0.3 is 4.57 Å². The molecule has 1 aromatic rings. The van der Waals surface area contributed by atoms with Crippen LogP contribution in [0.1, 0.15) is 42.7 Å². The smallest absolute Gasteiger partial charge is 0.161 e. The van der Waals surface area contributed by atoms with Gasteiger partial charge >= 0.3 is 0 Å². The van der Waals surface area contributed by atoms with Crippen LogP contribution in [0.2, 0.25) is 0 Å². The van der Waals surface area contributed by atoms with Gasteiger partial charge in [0.15, 0.2) is 5.78 Å². The second kappa shape index (κ2) is 4.26. The predicted octanol–water partition coefficient (Wildman–Crippen LogP) is 2.80. The summed E-state index contributed by atoms with van der Waals surface area (Å²) in [6.45, 7) is 6.82. The zero-order chi connectivity index (χ0) is 9.84. The standard InChI is InChI=1S/C11H17NO/c1-4-5-7-12-8-6-11(9(12)2)10(3)13/h6,8H,4-5,7H2,1-3H3. The second-order valence-electron chi connectivity index (χ2n) is 3.42. The average molecular weight is 179 g/mol. The first-order valence-corrected chi connectivity index (χ1v) is 4.83. The van der Waals surface area contributed by atoms with Crippen molar-refractivity contribution in [1.82, 2.24) is 4.57 Å². The van der Waals surface area contributed by atoms with Gasteiger partial charge in [0.2, 0.25) is 0 Å². The molecule has 72 valence electrons. The number of carbonyl (C=O) groups is 1. The fourth-order valence-corrected chi connectivity index (χ4v) is 1.49.